The maximum absolute atomic E-state index is 12.7. The highest BCUT2D eigenvalue weighted by atomic mass is 16.6. The molecule has 29 heavy (non-hydrogen) atoms. The van der Waals surface area contributed by atoms with Crippen LogP contribution in [0.15, 0.2) is 54.6 Å². The second kappa shape index (κ2) is 9.98. The van der Waals surface area contributed by atoms with Gasteiger partial charge in [-0.15, -0.1) is 0 Å². The van der Waals surface area contributed by atoms with Crippen LogP contribution in [0.2, 0.25) is 0 Å². The van der Waals surface area contributed by atoms with Crippen molar-refractivity contribution in [3.8, 4) is 0 Å². The van der Waals surface area contributed by atoms with Gasteiger partial charge in [0.15, 0.2) is 0 Å². The predicted molar refractivity (Wildman–Crippen MR) is 104 cm³/mol. The summed E-state index contributed by atoms with van der Waals surface area (Å²) >= 11 is 0. The van der Waals surface area contributed by atoms with Crippen LogP contribution in [0, 0.1) is 10.1 Å². The molecule has 2 aromatic carbocycles. The maximum Gasteiger partial charge on any atom is 0.326 e. The Bertz CT molecular complexity index is 883. The van der Waals surface area contributed by atoms with Crippen LogP contribution in [-0.2, 0) is 27.2 Å². The minimum absolute atomic E-state index is 0.0583. The molecule has 0 heterocycles. The number of carbonyl (C=O) groups excluding carboxylic acids is 2. The van der Waals surface area contributed by atoms with Gasteiger partial charge in [-0.05, 0) is 11.1 Å². The number of amides is 2. The Labute approximate surface area is 166 Å². The number of rotatable bonds is 9. The van der Waals surface area contributed by atoms with Crippen LogP contribution in [-0.4, -0.2) is 39.9 Å². The number of carboxylic acids is 1. The van der Waals surface area contributed by atoms with Gasteiger partial charge >= 0.3 is 5.97 Å². The molecule has 0 bridgehead atoms. The number of hydrogen-bond acceptors (Lipinski definition) is 5. The van der Waals surface area contributed by atoms with Crippen molar-refractivity contribution in [2.45, 2.75) is 31.8 Å². The number of carboxylic acid groups (broad SMARTS) is 1. The topological polar surface area (TPSA) is 139 Å². The highest BCUT2D eigenvalue weighted by molar-refractivity contribution is 5.90. The number of nitrogens with zero attached hydrogens (tertiary/aromatic N) is 1. The van der Waals surface area contributed by atoms with E-state index in [1.165, 1.54) is 31.2 Å². The van der Waals surface area contributed by atoms with E-state index in [1.807, 2.05) is 6.07 Å². The molecule has 3 N–H and O–H groups in total. The van der Waals surface area contributed by atoms with Crippen LogP contribution in [0.3, 0.4) is 0 Å². The lowest BCUT2D eigenvalue weighted by atomic mass is 10.0. The second-order valence-electron chi connectivity index (χ2n) is 6.47. The molecule has 0 fully saturated rings. The van der Waals surface area contributed by atoms with Crippen LogP contribution in [0.4, 0.5) is 5.69 Å². The average Bonchev–Trinajstić information content (AvgIpc) is 2.67. The van der Waals surface area contributed by atoms with Crippen LogP contribution >= 0.6 is 0 Å². The molecule has 0 saturated carbocycles. The van der Waals surface area contributed by atoms with Gasteiger partial charge in [-0.1, -0.05) is 42.5 Å². The summed E-state index contributed by atoms with van der Waals surface area (Å²) < 4.78 is 0. The molecule has 0 unspecified atom stereocenters. The lowest BCUT2D eigenvalue weighted by Crippen LogP contribution is -2.52. The van der Waals surface area contributed by atoms with Gasteiger partial charge in [0, 0.05) is 31.9 Å². The Morgan fingerprint density at radius 1 is 0.931 bits per heavy atom. The van der Waals surface area contributed by atoms with Crippen LogP contribution in [0.5, 0.6) is 0 Å². The SMILES string of the molecule is CC(=O)N[C@H](Cc1ccccc1)C(=O)N[C@H](Cc1ccc([N+](=O)[O-])cc1)C(=O)O. The van der Waals surface area contributed by atoms with E-state index in [0.717, 1.165) is 5.56 Å². The first-order chi connectivity index (χ1) is 13.8. The smallest absolute Gasteiger partial charge is 0.326 e. The summed E-state index contributed by atoms with van der Waals surface area (Å²) in [5, 5.41) is 25.2. The minimum Gasteiger partial charge on any atom is -0.480 e. The number of nitro groups is 1. The summed E-state index contributed by atoms with van der Waals surface area (Å²) in [7, 11) is 0. The third kappa shape index (κ3) is 6.73. The molecule has 2 rings (SSSR count). The molecule has 0 radical (unpaired) electrons. The highest BCUT2D eigenvalue weighted by Crippen LogP contribution is 2.13. The Hall–Kier alpha value is -3.75. The quantitative estimate of drug-likeness (QED) is 0.431. The minimum atomic E-state index is -1.25. The summed E-state index contributed by atoms with van der Waals surface area (Å²) in [6, 6.07) is 12.2. The number of non-ortho nitro benzene ring substituents is 1. The highest BCUT2D eigenvalue weighted by Gasteiger charge is 2.26. The van der Waals surface area contributed by atoms with Crippen molar-refractivity contribution in [2.24, 2.45) is 0 Å². The number of benzene rings is 2. The van der Waals surface area contributed by atoms with Gasteiger partial charge in [0.2, 0.25) is 11.8 Å². The van der Waals surface area contributed by atoms with E-state index in [0.29, 0.717) is 5.56 Å². The Morgan fingerprint density at radius 2 is 1.48 bits per heavy atom. The van der Waals surface area contributed by atoms with E-state index in [9.17, 15) is 29.6 Å². The van der Waals surface area contributed by atoms with Crippen molar-refractivity contribution in [1.82, 2.24) is 10.6 Å². The zero-order valence-corrected chi connectivity index (χ0v) is 15.7. The maximum atomic E-state index is 12.7. The number of nitro benzene ring substituents is 1. The van der Waals surface area contributed by atoms with E-state index < -0.39 is 34.8 Å². The summed E-state index contributed by atoms with van der Waals surface area (Å²) in [5.74, 6) is -2.29. The largest absolute Gasteiger partial charge is 0.480 e. The van der Waals surface area contributed by atoms with Crippen LogP contribution in [0.1, 0.15) is 18.1 Å². The standard InChI is InChI=1S/C20H21N3O6/c1-13(24)21-17(11-14-5-3-2-4-6-14)19(25)22-18(20(26)27)12-15-7-9-16(10-8-15)23(28)29/h2-10,17-18H,11-12H2,1H3,(H,21,24)(H,22,25)(H,26,27)/t17-,18-/m1/s1. The van der Waals surface area contributed by atoms with E-state index >= 15 is 0 Å². The first-order valence-corrected chi connectivity index (χ1v) is 8.84. The van der Waals surface area contributed by atoms with Gasteiger partial charge in [-0.3, -0.25) is 19.7 Å². The Kier molecular flexibility index (Phi) is 7.41. The molecule has 2 atom stereocenters. The molecule has 0 saturated heterocycles. The van der Waals surface area contributed by atoms with Gasteiger partial charge in [-0.2, -0.15) is 0 Å². The molecular weight excluding hydrogens is 378 g/mol. The van der Waals surface area contributed by atoms with Gasteiger partial charge in [0.05, 0.1) is 4.92 Å². The molecule has 0 aromatic heterocycles. The molecule has 9 nitrogen and oxygen atoms in total. The van der Waals surface area contributed by atoms with Crippen LogP contribution < -0.4 is 10.6 Å². The van der Waals surface area contributed by atoms with E-state index in [1.54, 1.807) is 24.3 Å². The molecule has 0 aliphatic heterocycles. The van der Waals surface area contributed by atoms with Crippen molar-refractivity contribution >= 4 is 23.5 Å². The predicted octanol–water partition coefficient (Wildman–Crippen LogP) is 1.45. The first-order valence-electron chi connectivity index (χ1n) is 8.84. The number of nitrogens with one attached hydrogen (secondary N) is 2. The lowest BCUT2D eigenvalue weighted by Gasteiger charge is -2.21. The fourth-order valence-corrected chi connectivity index (χ4v) is 2.77. The van der Waals surface area contributed by atoms with Gasteiger partial charge in [0.1, 0.15) is 12.1 Å². The normalized spacial score (nSPS) is 12.4. The summed E-state index contributed by atoms with van der Waals surface area (Å²) in [6.07, 6.45) is 0.146. The zero-order valence-electron chi connectivity index (χ0n) is 15.7. The Balaban J connectivity index is 2.11. The summed E-state index contributed by atoms with van der Waals surface area (Å²) in [5.41, 5.74) is 1.21. The number of aliphatic carboxylic acids is 1. The molecule has 2 amide bonds. The second-order valence-corrected chi connectivity index (χ2v) is 6.47. The lowest BCUT2D eigenvalue weighted by molar-refractivity contribution is -0.384. The van der Waals surface area contributed by atoms with Crippen molar-refractivity contribution in [2.75, 3.05) is 0 Å². The molecule has 0 aliphatic rings. The molecule has 9 heteroatoms. The fourth-order valence-electron chi connectivity index (χ4n) is 2.77. The molecule has 0 aliphatic carbocycles. The van der Waals surface area contributed by atoms with E-state index in [2.05, 4.69) is 10.6 Å². The van der Waals surface area contributed by atoms with Gasteiger partial charge in [0.25, 0.3) is 5.69 Å². The third-order valence-corrected chi connectivity index (χ3v) is 4.18. The fraction of sp³-hybridized carbons (Fsp3) is 0.250. The van der Waals surface area contributed by atoms with Gasteiger partial charge in [-0.25, -0.2) is 4.79 Å². The molecule has 0 spiro atoms. The van der Waals surface area contributed by atoms with E-state index in [-0.39, 0.29) is 18.5 Å². The average molecular weight is 399 g/mol. The van der Waals surface area contributed by atoms with Crippen molar-refractivity contribution < 1.29 is 24.4 Å². The van der Waals surface area contributed by atoms with E-state index in [4.69, 9.17) is 0 Å². The first kappa shape index (κ1) is 21.5. The summed E-state index contributed by atoms with van der Waals surface area (Å²) in [4.78, 5) is 45.9. The number of carbonyl (C=O) groups is 3. The van der Waals surface area contributed by atoms with Crippen molar-refractivity contribution in [3.05, 3.63) is 75.8 Å². The van der Waals surface area contributed by atoms with Gasteiger partial charge < -0.3 is 15.7 Å². The molecule has 2 aromatic rings. The van der Waals surface area contributed by atoms with Crippen LogP contribution in [0.25, 0.3) is 0 Å². The zero-order chi connectivity index (χ0) is 21.4. The molecular formula is C20H21N3O6. The monoisotopic (exact) mass is 399 g/mol. The Morgan fingerprint density at radius 3 is 2.00 bits per heavy atom. The van der Waals surface area contributed by atoms with Crippen molar-refractivity contribution in [1.29, 1.82) is 0 Å². The van der Waals surface area contributed by atoms with Crippen molar-refractivity contribution in [3.63, 3.8) is 0 Å². The molecule has 152 valence electrons. The third-order valence-electron chi connectivity index (χ3n) is 4.18. The summed E-state index contributed by atoms with van der Waals surface area (Å²) in [6.45, 7) is 1.27. The number of hydrogen-bond donors (Lipinski definition) is 3.